The van der Waals surface area contributed by atoms with Gasteiger partial charge in [-0.05, 0) is 66.9 Å². The maximum Gasteiger partial charge on any atom is 0.261 e. The number of anilines is 2. The highest BCUT2D eigenvalue weighted by Gasteiger charge is 2.16. The normalized spacial score (nSPS) is 12.5. The van der Waals surface area contributed by atoms with Crippen LogP contribution in [0.4, 0.5) is 15.8 Å². The van der Waals surface area contributed by atoms with Crippen LogP contribution in [0.2, 0.25) is 0 Å². The standard InChI is InChI=1S/C20H17FN4O3S2/c1-13(19-23-24-20(28-19)18-3-2-12-29-18)22-15-6-8-16(9-7-15)25-30(26,27)17-10-4-14(21)5-11-17/h2-13,22,25H,1H3. The van der Waals surface area contributed by atoms with Crippen LogP contribution in [0.1, 0.15) is 18.9 Å². The Bertz CT molecular complexity index is 1220. The van der Waals surface area contributed by atoms with E-state index in [0.717, 1.165) is 22.7 Å². The van der Waals surface area contributed by atoms with E-state index >= 15 is 0 Å². The Kier molecular flexibility index (Phi) is 5.51. The molecule has 0 aliphatic carbocycles. The van der Waals surface area contributed by atoms with E-state index < -0.39 is 15.8 Å². The van der Waals surface area contributed by atoms with Gasteiger partial charge in [-0.3, -0.25) is 4.72 Å². The molecule has 7 nitrogen and oxygen atoms in total. The van der Waals surface area contributed by atoms with Crippen molar-refractivity contribution in [1.29, 1.82) is 0 Å². The van der Waals surface area contributed by atoms with Gasteiger partial charge in [0.05, 0.1) is 9.77 Å². The molecule has 0 bridgehead atoms. The first-order valence-electron chi connectivity index (χ1n) is 8.93. The third-order valence-electron chi connectivity index (χ3n) is 4.19. The molecule has 0 fully saturated rings. The van der Waals surface area contributed by atoms with Crippen LogP contribution in [-0.2, 0) is 10.0 Å². The molecule has 0 aliphatic heterocycles. The quantitative estimate of drug-likeness (QED) is 0.420. The third-order valence-corrected chi connectivity index (χ3v) is 6.44. The number of halogens is 1. The van der Waals surface area contributed by atoms with Gasteiger partial charge in [0, 0.05) is 11.4 Å². The summed E-state index contributed by atoms with van der Waals surface area (Å²) in [4.78, 5) is 0.886. The summed E-state index contributed by atoms with van der Waals surface area (Å²) >= 11 is 1.52. The molecular formula is C20H17FN4O3S2. The average Bonchev–Trinajstić information content (AvgIpc) is 3.41. The molecule has 0 radical (unpaired) electrons. The van der Waals surface area contributed by atoms with Crippen LogP contribution in [0.15, 0.2) is 75.4 Å². The molecule has 1 unspecified atom stereocenters. The van der Waals surface area contributed by atoms with Crippen LogP contribution in [0.25, 0.3) is 10.8 Å². The van der Waals surface area contributed by atoms with Crippen LogP contribution in [0.3, 0.4) is 0 Å². The van der Waals surface area contributed by atoms with Gasteiger partial charge in [0.25, 0.3) is 15.9 Å². The number of thiophene rings is 1. The summed E-state index contributed by atoms with van der Waals surface area (Å²) in [5, 5.41) is 13.3. The maximum atomic E-state index is 13.0. The third kappa shape index (κ3) is 4.50. The largest absolute Gasteiger partial charge is 0.418 e. The summed E-state index contributed by atoms with van der Waals surface area (Å²) in [6.45, 7) is 1.89. The molecule has 154 valence electrons. The second kappa shape index (κ2) is 8.25. The van der Waals surface area contributed by atoms with Gasteiger partial charge in [0.2, 0.25) is 5.89 Å². The smallest absolute Gasteiger partial charge is 0.261 e. The van der Waals surface area contributed by atoms with E-state index in [1.54, 1.807) is 24.3 Å². The lowest BCUT2D eigenvalue weighted by Crippen LogP contribution is -2.13. The van der Waals surface area contributed by atoms with E-state index in [1.807, 2.05) is 24.4 Å². The van der Waals surface area contributed by atoms with Crippen LogP contribution in [-0.4, -0.2) is 18.6 Å². The Hall–Kier alpha value is -3.24. The fraction of sp³-hybridized carbons (Fsp3) is 0.100. The van der Waals surface area contributed by atoms with Crippen LogP contribution < -0.4 is 10.0 Å². The van der Waals surface area contributed by atoms with Crippen LogP contribution in [0.5, 0.6) is 0 Å². The van der Waals surface area contributed by atoms with Crippen molar-refractivity contribution in [2.75, 3.05) is 10.0 Å². The summed E-state index contributed by atoms with van der Waals surface area (Å²) in [5.74, 6) is 0.418. The van der Waals surface area contributed by atoms with E-state index in [2.05, 4.69) is 20.2 Å². The Morgan fingerprint density at radius 1 is 1.00 bits per heavy atom. The van der Waals surface area contributed by atoms with E-state index in [-0.39, 0.29) is 10.9 Å². The van der Waals surface area contributed by atoms with Crippen LogP contribution in [0, 0.1) is 5.82 Å². The lowest BCUT2D eigenvalue weighted by Gasteiger charge is -2.13. The second-order valence-corrected chi connectivity index (χ2v) is 9.06. The predicted octanol–water partition coefficient (Wildman–Crippen LogP) is 4.91. The summed E-state index contributed by atoms with van der Waals surface area (Å²) in [5.41, 5.74) is 1.14. The minimum Gasteiger partial charge on any atom is -0.418 e. The molecule has 2 aromatic carbocycles. The Morgan fingerprint density at radius 2 is 1.70 bits per heavy atom. The number of sulfonamides is 1. The zero-order valence-corrected chi connectivity index (χ0v) is 17.4. The number of hydrogen-bond acceptors (Lipinski definition) is 7. The molecule has 0 aliphatic rings. The molecular weight excluding hydrogens is 427 g/mol. The van der Waals surface area contributed by atoms with E-state index in [0.29, 0.717) is 17.5 Å². The van der Waals surface area contributed by atoms with Crippen molar-refractivity contribution in [2.24, 2.45) is 0 Å². The number of hydrogen-bond donors (Lipinski definition) is 2. The number of rotatable bonds is 7. The number of nitrogens with zero attached hydrogens (tertiary/aromatic N) is 2. The maximum absolute atomic E-state index is 13.0. The van der Waals surface area contributed by atoms with Crippen molar-refractivity contribution in [1.82, 2.24) is 10.2 Å². The molecule has 2 N–H and O–H groups in total. The van der Waals surface area contributed by atoms with Crippen molar-refractivity contribution in [2.45, 2.75) is 17.9 Å². The zero-order valence-electron chi connectivity index (χ0n) is 15.7. The van der Waals surface area contributed by atoms with Gasteiger partial charge in [-0.1, -0.05) is 6.07 Å². The number of aromatic nitrogens is 2. The van der Waals surface area contributed by atoms with Crippen molar-refractivity contribution in [3.05, 3.63) is 77.8 Å². The summed E-state index contributed by atoms with van der Waals surface area (Å²) < 4.78 is 46.0. The van der Waals surface area contributed by atoms with Crippen molar-refractivity contribution < 1.29 is 17.2 Å². The van der Waals surface area contributed by atoms with Gasteiger partial charge < -0.3 is 9.73 Å². The van der Waals surface area contributed by atoms with Gasteiger partial charge in [-0.2, -0.15) is 0 Å². The highest BCUT2D eigenvalue weighted by molar-refractivity contribution is 7.92. The highest BCUT2D eigenvalue weighted by atomic mass is 32.2. The van der Waals surface area contributed by atoms with Gasteiger partial charge in [-0.15, -0.1) is 21.5 Å². The molecule has 30 heavy (non-hydrogen) atoms. The first-order chi connectivity index (χ1) is 14.4. The lowest BCUT2D eigenvalue weighted by molar-refractivity contribution is 0.486. The van der Waals surface area contributed by atoms with Gasteiger partial charge in [0.1, 0.15) is 11.9 Å². The number of nitrogens with one attached hydrogen (secondary N) is 2. The minimum absolute atomic E-state index is 0.0161. The second-order valence-electron chi connectivity index (χ2n) is 6.43. The van der Waals surface area contributed by atoms with Crippen molar-refractivity contribution in [3.8, 4) is 10.8 Å². The van der Waals surface area contributed by atoms with E-state index in [1.165, 1.54) is 23.5 Å². The first-order valence-corrected chi connectivity index (χ1v) is 11.3. The SMILES string of the molecule is CC(Nc1ccc(NS(=O)(=O)c2ccc(F)cc2)cc1)c1nnc(-c2cccs2)o1. The van der Waals surface area contributed by atoms with E-state index in [9.17, 15) is 12.8 Å². The molecule has 0 saturated heterocycles. The molecule has 10 heteroatoms. The monoisotopic (exact) mass is 444 g/mol. The van der Waals surface area contributed by atoms with Gasteiger partial charge in [0.15, 0.2) is 0 Å². The van der Waals surface area contributed by atoms with Crippen molar-refractivity contribution >= 4 is 32.7 Å². The fourth-order valence-electron chi connectivity index (χ4n) is 2.68. The highest BCUT2D eigenvalue weighted by Crippen LogP contribution is 2.26. The molecule has 1 atom stereocenters. The molecule has 2 heterocycles. The topological polar surface area (TPSA) is 97.1 Å². The minimum atomic E-state index is -3.80. The van der Waals surface area contributed by atoms with Gasteiger partial charge in [-0.25, -0.2) is 12.8 Å². The van der Waals surface area contributed by atoms with Crippen molar-refractivity contribution in [3.63, 3.8) is 0 Å². The molecule has 0 saturated carbocycles. The molecule has 0 spiro atoms. The molecule has 4 rings (SSSR count). The lowest BCUT2D eigenvalue weighted by atomic mass is 10.2. The summed E-state index contributed by atoms with van der Waals surface area (Å²) in [6.07, 6.45) is 0. The zero-order chi connectivity index (χ0) is 21.1. The van der Waals surface area contributed by atoms with E-state index in [4.69, 9.17) is 4.42 Å². The predicted molar refractivity (Wildman–Crippen MR) is 113 cm³/mol. The molecule has 4 aromatic rings. The Morgan fingerprint density at radius 3 is 2.37 bits per heavy atom. The molecule has 0 amide bonds. The average molecular weight is 445 g/mol. The number of benzene rings is 2. The Balaban J connectivity index is 1.41. The fourth-order valence-corrected chi connectivity index (χ4v) is 4.39. The summed E-state index contributed by atoms with van der Waals surface area (Å²) in [6, 6.07) is 14.9. The Labute approximate surface area is 176 Å². The van der Waals surface area contributed by atoms with Crippen LogP contribution >= 0.6 is 11.3 Å². The summed E-state index contributed by atoms with van der Waals surface area (Å²) in [7, 11) is -3.80. The van der Waals surface area contributed by atoms with Gasteiger partial charge >= 0.3 is 0 Å². The molecule has 2 aromatic heterocycles. The first kappa shape index (κ1) is 20.0.